The van der Waals surface area contributed by atoms with Gasteiger partial charge in [-0.25, -0.2) is 4.79 Å². The molecule has 1 aromatic rings. The summed E-state index contributed by atoms with van der Waals surface area (Å²) < 4.78 is 4.96. The van der Waals surface area contributed by atoms with Crippen LogP contribution in [0.25, 0.3) is 6.08 Å². The summed E-state index contributed by atoms with van der Waals surface area (Å²) in [4.78, 5) is 14.3. The topological polar surface area (TPSA) is 53.3 Å². The van der Waals surface area contributed by atoms with Crippen LogP contribution in [0.4, 0.5) is 5.69 Å². The van der Waals surface area contributed by atoms with Crippen molar-refractivity contribution in [1.82, 2.24) is 0 Å². The number of hydrogen-bond acceptors (Lipinski definition) is 4. The van der Waals surface area contributed by atoms with E-state index in [1.165, 1.54) is 22.9 Å². The lowest BCUT2D eigenvalue weighted by atomic mass is 9.90. The summed E-state index contributed by atoms with van der Waals surface area (Å²) in [6.07, 6.45) is 7.56. The van der Waals surface area contributed by atoms with Crippen LogP contribution in [0.3, 0.4) is 0 Å². The highest BCUT2D eigenvalue weighted by Gasteiger charge is 2.24. The molecule has 0 radical (unpaired) electrons. The number of anilines is 1. The molecular formula is C19H20N2O2. The molecule has 23 heavy (non-hydrogen) atoms. The summed E-state index contributed by atoms with van der Waals surface area (Å²) in [6.45, 7) is 5.88. The van der Waals surface area contributed by atoms with Gasteiger partial charge in [0.2, 0.25) is 0 Å². The van der Waals surface area contributed by atoms with E-state index >= 15 is 0 Å². The van der Waals surface area contributed by atoms with Crippen LogP contribution in [0.5, 0.6) is 0 Å². The SMILES string of the molecule is C=CCOC(=O)/C(C#N)=C\c1cc2c3c(c1)CCCN3CCC2. The standard InChI is InChI=1S/C19H20N2O2/c1-2-9-23-19(22)17(13-20)12-14-10-15-5-3-7-21-8-4-6-16(11-14)18(15)21/h2,10-12H,1,3-9H2/b17-12-. The number of esters is 1. The van der Waals surface area contributed by atoms with Crippen LogP contribution in [0.1, 0.15) is 29.5 Å². The lowest BCUT2D eigenvalue weighted by molar-refractivity contribution is -0.137. The van der Waals surface area contributed by atoms with Gasteiger partial charge in [0.1, 0.15) is 18.2 Å². The fourth-order valence-corrected chi connectivity index (χ4v) is 3.43. The molecule has 1 aromatic carbocycles. The van der Waals surface area contributed by atoms with E-state index in [9.17, 15) is 10.1 Å². The second kappa shape index (κ2) is 6.70. The van der Waals surface area contributed by atoms with E-state index in [0.29, 0.717) is 0 Å². The highest BCUT2D eigenvalue weighted by atomic mass is 16.5. The van der Waals surface area contributed by atoms with Crippen LogP contribution in [0.2, 0.25) is 0 Å². The van der Waals surface area contributed by atoms with E-state index < -0.39 is 5.97 Å². The summed E-state index contributed by atoms with van der Waals surface area (Å²) in [7, 11) is 0. The number of benzene rings is 1. The minimum Gasteiger partial charge on any atom is -0.457 e. The van der Waals surface area contributed by atoms with Crippen molar-refractivity contribution in [2.75, 3.05) is 24.6 Å². The zero-order valence-corrected chi connectivity index (χ0v) is 13.2. The van der Waals surface area contributed by atoms with Gasteiger partial charge in [0.05, 0.1) is 0 Å². The molecule has 0 aliphatic carbocycles. The van der Waals surface area contributed by atoms with Gasteiger partial charge >= 0.3 is 5.97 Å². The Hall–Kier alpha value is -2.54. The number of ether oxygens (including phenoxy) is 1. The zero-order chi connectivity index (χ0) is 16.2. The summed E-state index contributed by atoms with van der Waals surface area (Å²) in [5.74, 6) is -0.597. The molecule has 3 rings (SSSR count). The van der Waals surface area contributed by atoms with Crippen molar-refractivity contribution < 1.29 is 9.53 Å². The van der Waals surface area contributed by atoms with Crippen LogP contribution in [0.15, 0.2) is 30.4 Å². The number of nitrogens with zero attached hydrogens (tertiary/aromatic N) is 2. The molecule has 0 spiro atoms. The first-order chi connectivity index (χ1) is 11.2. The molecule has 0 saturated carbocycles. The van der Waals surface area contributed by atoms with E-state index in [-0.39, 0.29) is 12.2 Å². The van der Waals surface area contributed by atoms with E-state index in [2.05, 4.69) is 23.6 Å². The van der Waals surface area contributed by atoms with Gasteiger partial charge in [-0.05, 0) is 60.6 Å². The predicted molar refractivity (Wildman–Crippen MR) is 90.0 cm³/mol. The highest BCUT2D eigenvalue weighted by molar-refractivity contribution is 5.98. The molecule has 0 amide bonds. The van der Waals surface area contributed by atoms with E-state index in [1.807, 2.05) is 6.07 Å². The summed E-state index contributed by atoms with van der Waals surface area (Å²) in [5, 5.41) is 9.22. The van der Waals surface area contributed by atoms with Crippen LogP contribution in [-0.2, 0) is 22.4 Å². The smallest absolute Gasteiger partial charge is 0.349 e. The Morgan fingerprint density at radius 1 is 1.30 bits per heavy atom. The molecule has 0 aromatic heterocycles. The zero-order valence-electron chi connectivity index (χ0n) is 13.2. The molecule has 0 N–H and O–H groups in total. The fraction of sp³-hybridized carbons (Fsp3) is 0.368. The Balaban J connectivity index is 1.94. The lowest BCUT2D eigenvalue weighted by Gasteiger charge is -2.37. The van der Waals surface area contributed by atoms with E-state index in [1.54, 1.807) is 6.08 Å². The molecule has 0 unspecified atom stereocenters. The fourth-order valence-electron chi connectivity index (χ4n) is 3.43. The number of carbonyl (C=O) groups is 1. The summed E-state index contributed by atoms with van der Waals surface area (Å²) in [6, 6.07) is 6.15. The number of aryl methyl sites for hydroxylation is 2. The number of carbonyl (C=O) groups excluding carboxylic acids is 1. The van der Waals surface area contributed by atoms with Crippen molar-refractivity contribution in [2.24, 2.45) is 0 Å². The maximum Gasteiger partial charge on any atom is 0.349 e. The first-order valence-electron chi connectivity index (χ1n) is 8.03. The van der Waals surface area contributed by atoms with Gasteiger partial charge in [-0.2, -0.15) is 5.26 Å². The third-order valence-corrected chi connectivity index (χ3v) is 4.34. The molecular weight excluding hydrogens is 288 g/mol. The monoisotopic (exact) mass is 308 g/mol. The minimum atomic E-state index is -0.597. The van der Waals surface area contributed by atoms with Gasteiger partial charge < -0.3 is 9.64 Å². The van der Waals surface area contributed by atoms with Gasteiger partial charge in [0, 0.05) is 18.8 Å². The Morgan fingerprint density at radius 2 is 1.96 bits per heavy atom. The van der Waals surface area contributed by atoms with E-state index in [4.69, 9.17) is 4.74 Å². The first kappa shape index (κ1) is 15.4. The predicted octanol–water partition coefficient (Wildman–Crippen LogP) is 3.02. The van der Waals surface area contributed by atoms with Crippen LogP contribution >= 0.6 is 0 Å². The number of nitriles is 1. The van der Waals surface area contributed by atoms with Crippen molar-refractivity contribution >= 4 is 17.7 Å². The van der Waals surface area contributed by atoms with Gasteiger partial charge in [-0.1, -0.05) is 12.7 Å². The minimum absolute atomic E-state index is 0.0301. The van der Waals surface area contributed by atoms with Crippen molar-refractivity contribution in [1.29, 1.82) is 5.26 Å². The van der Waals surface area contributed by atoms with Crippen molar-refractivity contribution in [3.63, 3.8) is 0 Å². The summed E-state index contributed by atoms with van der Waals surface area (Å²) in [5.41, 5.74) is 4.98. The molecule has 4 heteroatoms. The Kier molecular flexibility index (Phi) is 4.47. The third-order valence-electron chi connectivity index (χ3n) is 4.34. The normalized spacial score (nSPS) is 16.3. The molecule has 2 aliphatic rings. The van der Waals surface area contributed by atoms with E-state index in [0.717, 1.165) is 44.3 Å². The summed E-state index contributed by atoms with van der Waals surface area (Å²) >= 11 is 0. The third kappa shape index (κ3) is 3.14. The average Bonchev–Trinajstić information content (AvgIpc) is 2.58. The molecule has 4 nitrogen and oxygen atoms in total. The number of hydrogen-bond donors (Lipinski definition) is 0. The maximum atomic E-state index is 11.9. The van der Waals surface area contributed by atoms with Crippen molar-refractivity contribution in [3.8, 4) is 6.07 Å². The lowest BCUT2D eigenvalue weighted by Crippen LogP contribution is -2.34. The molecule has 2 aliphatic heterocycles. The van der Waals surface area contributed by atoms with Gasteiger partial charge in [0.25, 0.3) is 0 Å². The molecule has 0 bridgehead atoms. The Morgan fingerprint density at radius 3 is 2.52 bits per heavy atom. The Labute approximate surface area is 136 Å². The van der Waals surface area contributed by atoms with Crippen LogP contribution in [-0.4, -0.2) is 25.7 Å². The quantitative estimate of drug-likeness (QED) is 0.371. The first-order valence-corrected chi connectivity index (χ1v) is 8.03. The van der Waals surface area contributed by atoms with Crippen LogP contribution < -0.4 is 4.90 Å². The largest absolute Gasteiger partial charge is 0.457 e. The van der Waals surface area contributed by atoms with Crippen molar-refractivity contribution in [2.45, 2.75) is 25.7 Å². The molecule has 2 heterocycles. The highest BCUT2D eigenvalue weighted by Crippen LogP contribution is 2.36. The molecule has 118 valence electrons. The average molecular weight is 308 g/mol. The molecule has 0 atom stereocenters. The van der Waals surface area contributed by atoms with Gasteiger partial charge in [-0.15, -0.1) is 0 Å². The van der Waals surface area contributed by atoms with Crippen LogP contribution in [0, 0.1) is 11.3 Å². The Bertz CT molecular complexity index is 682. The van der Waals surface area contributed by atoms with Gasteiger partial charge in [0.15, 0.2) is 0 Å². The second-order valence-corrected chi connectivity index (χ2v) is 5.94. The molecule has 0 saturated heterocycles. The van der Waals surface area contributed by atoms with Gasteiger partial charge in [-0.3, -0.25) is 0 Å². The number of rotatable bonds is 4. The van der Waals surface area contributed by atoms with Crippen molar-refractivity contribution in [3.05, 3.63) is 47.1 Å². The maximum absolute atomic E-state index is 11.9. The second-order valence-electron chi connectivity index (χ2n) is 5.94. The molecule has 0 fully saturated rings.